The molecule has 2 N–H and O–H groups in total. The number of nitrogens with zero attached hydrogens (tertiary/aromatic N) is 1. The van der Waals surface area contributed by atoms with Gasteiger partial charge in [-0.2, -0.15) is 5.26 Å². The fourth-order valence-electron chi connectivity index (χ4n) is 5.68. The fraction of sp³-hybridized carbons (Fsp3) is 0.618. The minimum atomic E-state index is 0.0583. The van der Waals surface area contributed by atoms with Crippen molar-refractivity contribution in [3.8, 4) is 6.07 Å². The SMILES string of the molecule is COCCCCO[C@@H](c1ccccc1)C1CCCNC1.COCCCO[C@@H](c1cccc(C#N)c1)C1CCCNC1. The van der Waals surface area contributed by atoms with E-state index in [0.29, 0.717) is 30.6 Å². The number of hydrogen-bond acceptors (Lipinski definition) is 7. The summed E-state index contributed by atoms with van der Waals surface area (Å²) >= 11 is 0. The van der Waals surface area contributed by atoms with Crippen LogP contribution in [0.25, 0.3) is 0 Å². The van der Waals surface area contributed by atoms with Crippen molar-refractivity contribution in [2.24, 2.45) is 11.8 Å². The molecule has 226 valence electrons. The molecular formula is C34H51N3O4. The van der Waals surface area contributed by atoms with Crippen molar-refractivity contribution in [2.75, 3.05) is 66.8 Å². The summed E-state index contributed by atoms with van der Waals surface area (Å²) in [6, 6.07) is 20.7. The van der Waals surface area contributed by atoms with Crippen LogP contribution < -0.4 is 10.6 Å². The number of ether oxygens (including phenoxy) is 4. The van der Waals surface area contributed by atoms with Gasteiger partial charge in [0.2, 0.25) is 0 Å². The van der Waals surface area contributed by atoms with Crippen molar-refractivity contribution in [2.45, 2.75) is 57.2 Å². The molecule has 0 spiro atoms. The van der Waals surface area contributed by atoms with Crippen LogP contribution in [0.3, 0.4) is 0 Å². The van der Waals surface area contributed by atoms with Gasteiger partial charge in [-0.3, -0.25) is 0 Å². The van der Waals surface area contributed by atoms with E-state index in [1.807, 2.05) is 18.2 Å². The molecule has 2 aliphatic heterocycles. The van der Waals surface area contributed by atoms with Gasteiger partial charge in [0.1, 0.15) is 0 Å². The number of unbranched alkanes of at least 4 members (excludes halogenated alkanes) is 1. The molecule has 41 heavy (non-hydrogen) atoms. The lowest BCUT2D eigenvalue weighted by atomic mass is 9.88. The molecule has 0 amide bonds. The molecule has 0 saturated carbocycles. The standard InChI is InChI=1S/C17H24N2O2.C17H27NO2/c1-20-9-4-10-21-17(16-7-3-8-19-13-16)15-6-2-5-14(11-15)12-18;1-19-12-5-6-13-20-17(15-8-3-2-4-9-15)16-10-7-11-18-14-16/h2,5-6,11,16-17,19H,3-4,7-10,13H2,1H3;2-4,8-9,16-18H,5-7,10-14H2,1H3/t2*16?,17-/m00/s1. The van der Waals surface area contributed by atoms with Crippen LogP contribution in [-0.4, -0.2) is 66.8 Å². The van der Waals surface area contributed by atoms with Crippen LogP contribution in [0.15, 0.2) is 54.6 Å². The van der Waals surface area contributed by atoms with Crippen molar-refractivity contribution in [3.05, 3.63) is 71.3 Å². The zero-order valence-corrected chi connectivity index (χ0v) is 25.2. The Bertz CT molecular complexity index is 971. The summed E-state index contributed by atoms with van der Waals surface area (Å²) in [7, 11) is 3.46. The number of nitrogens with one attached hydrogen (secondary N) is 2. The Kier molecular flexibility index (Phi) is 16.6. The van der Waals surface area contributed by atoms with Gasteiger partial charge in [0.15, 0.2) is 0 Å². The summed E-state index contributed by atoms with van der Waals surface area (Å²) in [5.74, 6) is 1.06. The number of benzene rings is 2. The van der Waals surface area contributed by atoms with Gasteiger partial charge in [0, 0.05) is 65.6 Å². The van der Waals surface area contributed by atoms with Gasteiger partial charge in [-0.25, -0.2) is 0 Å². The quantitative estimate of drug-likeness (QED) is 0.263. The van der Waals surface area contributed by atoms with Gasteiger partial charge >= 0.3 is 0 Å². The van der Waals surface area contributed by atoms with Crippen LogP contribution in [0, 0.1) is 23.2 Å². The zero-order valence-electron chi connectivity index (χ0n) is 25.2. The van der Waals surface area contributed by atoms with Crippen molar-refractivity contribution in [1.82, 2.24) is 10.6 Å². The number of methoxy groups -OCH3 is 2. The summed E-state index contributed by atoms with van der Waals surface area (Å²) in [6.07, 6.45) is 8.17. The first-order chi connectivity index (χ1) is 20.3. The van der Waals surface area contributed by atoms with Gasteiger partial charge < -0.3 is 29.6 Å². The van der Waals surface area contributed by atoms with E-state index in [1.54, 1.807) is 14.2 Å². The maximum absolute atomic E-state index is 9.08. The molecule has 2 aliphatic rings. The van der Waals surface area contributed by atoms with Gasteiger partial charge in [-0.1, -0.05) is 42.5 Å². The molecule has 2 saturated heterocycles. The summed E-state index contributed by atoms with van der Waals surface area (Å²) in [5.41, 5.74) is 3.12. The van der Waals surface area contributed by atoms with Gasteiger partial charge in [0.25, 0.3) is 0 Å². The molecule has 7 nitrogen and oxygen atoms in total. The van der Waals surface area contributed by atoms with Gasteiger partial charge in [-0.05, 0) is 81.3 Å². The van der Waals surface area contributed by atoms with E-state index in [2.05, 4.69) is 53.1 Å². The van der Waals surface area contributed by atoms with Crippen LogP contribution in [0.2, 0.25) is 0 Å². The Hall–Kier alpha value is -2.31. The van der Waals surface area contributed by atoms with E-state index < -0.39 is 0 Å². The number of rotatable bonds is 15. The fourth-order valence-corrected chi connectivity index (χ4v) is 5.68. The number of nitriles is 1. The molecule has 4 rings (SSSR count). The Labute approximate surface area is 247 Å². The lowest BCUT2D eigenvalue weighted by Gasteiger charge is -2.31. The lowest BCUT2D eigenvalue weighted by molar-refractivity contribution is -0.00503. The Balaban J connectivity index is 0.000000226. The minimum absolute atomic E-state index is 0.0583. The summed E-state index contributed by atoms with van der Waals surface area (Å²) in [4.78, 5) is 0. The van der Waals surface area contributed by atoms with Crippen LogP contribution in [0.5, 0.6) is 0 Å². The molecule has 2 aromatic carbocycles. The summed E-state index contributed by atoms with van der Waals surface area (Å²) < 4.78 is 22.5. The van der Waals surface area contributed by atoms with Crippen LogP contribution >= 0.6 is 0 Å². The number of hydrogen-bond donors (Lipinski definition) is 2. The number of piperidine rings is 2. The Morgan fingerprint density at radius 1 is 0.732 bits per heavy atom. The van der Waals surface area contributed by atoms with Crippen molar-refractivity contribution >= 4 is 0 Å². The highest BCUT2D eigenvalue weighted by atomic mass is 16.5. The first-order valence-corrected chi connectivity index (χ1v) is 15.4. The summed E-state index contributed by atoms with van der Waals surface area (Å²) in [5, 5.41) is 16.0. The van der Waals surface area contributed by atoms with Crippen LogP contribution in [0.4, 0.5) is 0 Å². The van der Waals surface area contributed by atoms with E-state index in [9.17, 15) is 0 Å². The molecule has 0 aliphatic carbocycles. The Morgan fingerprint density at radius 3 is 1.88 bits per heavy atom. The molecule has 4 atom stereocenters. The maximum Gasteiger partial charge on any atom is 0.0991 e. The first kappa shape index (κ1) is 33.2. The highest BCUT2D eigenvalue weighted by molar-refractivity contribution is 5.34. The topological polar surface area (TPSA) is 84.8 Å². The van der Waals surface area contributed by atoms with E-state index in [0.717, 1.165) is 64.2 Å². The van der Waals surface area contributed by atoms with Crippen molar-refractivity contribution in [1.29, 1.82) is 5.26 Å². The molecule has 2 heterocycles. The zero-order chi connectivity index (χ0) is 29.0. The van der Waals surface area contributed by atoms with Crippen LogP contribution in [0.1, 0.15) is 73.8 Å². The molecule has 0 radical (unpaired) electrons. The maximum atomic E-state index is 9.08. The summed E-state index contributed by atoms with van der Waals surface area (Å²) in [6.45, 7) is 7.32. The smallest absolute Gasteiger partial charge is 0.0991 e. The second-order valence-electron chi connectivity index (χ2n) is 11.0. The average molecular weight is 566 g/mol. The molecule has 7 heteroatoms. The predicted molar refractivity (Wildman–Crippen MR) is 164 cm³/mol. The van der Waals surface area contributed by atoms with E-state index >= 15 is 0 Å². The van der Waals surface area contributed by atoms with Gasteiger partial charge in [0.05, 0.1) is 23.8 Å². The van der Waals surface area contributed by atoms with Gasteiger partial charge in [-0.15, -0.1) is 0 Å². The molecule has 2 fully saturated rings. The monoisotopic (exact) mass is 565 g/mol. The van der Waals surface area contributed by atoms with E-state index in [-0.39, 0.29) is 12.2 Å². The third-order valence-electron chi connectivity index (χ3n) is 7.83. The third kappa shape index (κ3) is 12.2. The van der Waals surface area contributed by atoms with E-state index in [4.69, 9.17) is 24.2 Å². The molecule has 2 aromatic rings. The molecule has 0 bridgehead atoms. The third-order valence-corrected chi connectivity index (χ3v) is 7.83. The highest BCUT2D eigenvalue weighted by Gasteiger charge is 2.26. The second kappa shape index (κ2) is 20.5. The predicted octanol–water partition coefficient (Wildman–Crippen LogP) is 5.82. The first-order valence-electron chi connectivity index (χ1n) is 15.4. The molecular weight excluding hydrogens is 514 g/mol. The average Bonchev–Trinajstić information content (AvgIpc) is 3.04. The lowest BCUT2D eigenvalue weighted by Crippen LogP contribution is -2.34. The molecule has 2 unspecified atom stereocenters. The Morgan fingerprint density at radius 2 is 1.29 bits per heavy atom. The molecule has 0 aromatic heterocycles. The highest BCUT2D eigenvalue weighted by Crippen LogP contribution is 2.32. The normalized spacial score (nSPS) is 20.3. The van der Waals surface area contributed by atoms with Crippen molar-refractivity contribution in [3.63, 3.8) is 0 Å². The second-order valence-corrected chi connectivity index (χ2v) is 11.0. The minimum Gasteiger partial charge on any atom is -0.385 e. The van der Waals surface area contributed by atoms with Crippen molar-refractivity contribution < 1.29 is 18.9 Å². The largest absolute Gasteiger partial charge is 0.385 e. The van der Waals surface area contributed by atoms with Crippen LogP contribution in [-0.2, 0) is 18.9 Å². The van der Waals surface area contributed by atoms with E-state index in [1.165, 1.54) is 31.2 Å².